The average Bonchev–Trinajstić information content (AvgIpc) is 2.41. The lowest BCUT2D eigenvalue weighted by Crippen LogP contribution is -2.37. The molecule has 1 aliphatic rings. The maximum Gasteiger partial charge on any atom is 0.215 e. The van der Waals surface area contributed by atoms with Gasteiger partial charge in [-0.3, -0.25) is 0 Å². The molecule has 1 fully saturated rings. The van der Waals surface area contributed by atoms with Gasteiger partial charge in [0.25, 0.3) is 0 Å². The van der Waals surface area contributed by atoms with E-state index >= 15 is 0 Å². The lowest BCUT2D eigenvalue weighted by molar-refractivity contribution is 0.220. The van der Waals surface area contributed by atoms with Crippen LogP contribution in [0.15, 0.2) is 24.3 Å². The summed E-state index contributed by atoms with van der Waals surface area (Å²) in [4.78, 5) is 2.28. The summed E-state index contributed by atoms with van der Waals surface area (Å²) >= 11 is 0. The lowest BCUT2D eigenvalue weighted by Gasteiger charge is -2.28. The van der Waals surface area contributed by atoms with E-state index in [1.807, 2.05) is 0 Å². The highest BCUT2D eigenvalue weighted by Gasteiger charge is 2.19. The molecule has 5 nitrogen and oxygen atoms in total. The van der Waals surface area contributed by atoms with Crippen molar-refractivity contribution < 1.29 is 8.42 Å². The van der Waals surface area contributed by atoms with Crippen LogP contribution in [0, 0.1) is 5.92 Å². The van der Waals surface area contributed by atoms with E-state index in [0.29, 0.717) is 18.2 Å². The number of hydrogen-bond acceptors (Lipinski definition) is 4. The molecular formula is C14H23N3O2S. The van der Waals surface area contributed by atoms with Gasteiger partial charge in [-0.1, -0.05) is 12.1 Å². The van der Waals surface area contributed by atoms with Crippen molar-refractivity contribution in [3.8, 4) is 0 Å². The van der Waals surface area contributed by atoms with Gasteiger partial charge in [-0.05, 0) is 56.6 Å². The van der Waals surface area contributed by atoms with Gasteiger partial charge < -0.3 is 10.6 Å². The van der Waals surface area contributed by atoms with Crippen molar-refractivity contribution in [1.82, 2.24) is 9.62 Å². The molecule has 1 saturated heterocycles. The van der Waals surface area contributed by atoms with Crippen molar-refractivity contribution in [3.63, 3.8) is 0 Å². The van der Waals surface area contributed by atoms with Gasteiger partial charge >= 0.3 is 0 Å². The average molecular weight is 297 g/mol. The lowest BCUT2D eigenvalue weighted by atomic mass is 9.98. The Morgan fingerprint density at radius 1 is 1.25 bits per heavy atom. The fourth-order valence-electron chi connectivity index (χ4n) is 2.40. The number of nitrogens with one attached hydrogen (secondary N) is 1. The van der Waals surface area contributed by atoms with Gasteiger partial charge in [0, 0.05) is 12.2 Å². The van der Waals surface area contributed by atoms with Gasteiger partial charge in [0.1, 0.15) is 0 Å². The summed E-state index contributed by atoms with van der Waals surface area (Å²) in [5.41, 5.74) is 6.99. The smallest absolute Gasteiger partial charge is 0.215 e. The van der Waals surface area contributed by atoms with Crippen LogP contribution in [0.5, 0.6) is 0 Å². The first kappa shape index (κ1) is 15.3. The number of sulfonamides is 1. The van der Waals surface area contributed by atoms with E-state index in [1.165, 1.54) is 0 Å². The largest absolute Gasteiger partial charge is 0.399 e. The molecule has 0 aliphatic carbocycles. The number of nitrogen functional groups attached to an aromatic ring is 1. The van der Waals surface area contributed by atoms with E-state index in [9.17, 15) is 8.42 Å². The number of likely N-dealkylation sites (tertiary alicyclic amines) is 1. The number of nitrogens with zero attached hydrogens (tertiary/aromatic N) is 1. The van der Waals surface area contributed by atoms with Gasteiger partial charge in [-0.2, -0.15) is 0 Å². The minimum atomic E-state index is -3.26. The Morgan fingerprint density at radius 3 is 2.45 bits per heavy atom. The Hall–Kier alpha value is -1.11. The van der Waals surface area contributed by atoms with Crippen molar-refractivity contribution in [3.05, 3.63) is 29.8 Å². The Morgan fingerprint density at radius 2 is 1.85 bits per heavy atom. The second-order valence-corrected chi connectivity index (χ2v) is 7.40. The molecule has 6 heteroatoms. The van der Waals surface area contributed by atoms with Crippen molar-refractivity contribution >= 4 is 15.7 Å². The van der Waals surface area contributed by atoms with E-state index in [2.05, 4.69) is 16.7 Å². The van der Waals surface area contributed by atoms with Crippen LogP contribution in [0.2, 0.25) is 0 Å². The second-order valence-electron chi connectivity index (χ2n) is 5.60. The summed E-state index contributed by atoms with van der Waals surface area (Å²) in [7, 11) is -1.17. The molecule has 0 atom stereocenters. The fourth-order valence-corrected chi connectivity index (χ4v) is 3.62. The van der Waals surface area contributed by atoms with Crippen LogP contribution < -0.4 is 10.5 Å². The quantitative estimate of drug-likeness (QED) is 0.796. The molecule has 1 aromatic rings. The van der Waals surface area contributed by atoms with Gasteiger partial charge in [0.05, 0.1) is 5.75 Å². The Kier molecular flexibility index (Phi) is 5.01. The van der Waals surface area contributed by atoms with Crippen LogP contribution in [0.3, 0.4) is 0 Å². The second kappa shape index (κ2) is 6.56. The number of anilines is 1. The first-order chi connectivity index (χ1) is 9.44. The summed E-state index contributed by atoms with van der Waals surface area (Å²) < 4.78 is 26.8. The highest BCUT2D eigenvalue weighted by atomic mass is 32.2. The third kappa shape index (κ3) is 4.77. The minimum absolute atomic E-state index is 0.0138. The molecule has 0 amide bonds. The Bertz CT molecular complexity index is 520. The van der Waals surface area contributed by atoms with E-state index in [0.717, 1.165) is 31.5 Å². The standard InChI is InChI=1S/C14H23N3O2S/c1-17-8-6-12(7-9-17)10-16-20(18,19)11-13-2-4-14(15)5-3-13/h2-5,12,16H,6-11,15H2,1H3. The Balaban J connectivity index is 1.83. The summed E-state index contributed by atoms with van der Waals surface area (Å²) in [5, 5.41) is 0. The van der Waals surface area contributed by atoms with Gasteiger partial charge in [-0.15, -0.1) is 0 Å². The predicted molar refractivity (Wildman–Crippen MR) is 81.7 cm³/mol. The third-order valence-electron chi connectivity index (χ3n) is 3.77. The van der Waals surface area contributed by atoms with Crippen LogP contribution in [0.1, 0.15) is 18.4 Å². The van der Waals surface area contributed by atoms with Crippen LogP contribution in [0.25, 0.3) is 0 Å². The summed E-state index contributed by atoms with van der Waals surface area (Å²) in [6.45, 7) is 2.64. The van der Waals surface area contributed by atoms with E-state index in [1.54, 1.807) is 24.3 Å². The molecule has 0 spiro atoms. The zero-order valence-electron chi connectivity index (χ0n) is 11.9. The number of hydrogen-bond donors (Lipinski definition) is 2. The minimum Gasteiger partial charge on any atom is -0.399 e. The molecule has 0 bridgehead atoms. The van der Waals surface area contributed by atoms with Gasteiger partial charge in [0.15, 0.2) is 0 Å². The maximum atomic E-state index is 12.0. The van der Waals surface area contributed by atoms with Crippen molar-refractivity contribution in [2.24, 2.45) is 5.92 Å². The molecule has 1 heterocycles. The molecule has 112 valence electrons. The fraction of sp³-hybridized carbons (Fsp3) is 0.571. The van der Waals surface area contributed by atoms with Gasteiger partial charge in [0.2, 0.25) is 10.0 Å². The van der Waals surface area contributed by atoms with Crippen LogP contribution in [-0.2, 0) is 15.8 Å². The van der Waals surface area contributed by atoms with E-state index < -0.39 is 10.0 Å². The summed E-state index contributed by atoms with van der Waals surface area (Å²) in [5.74, 6) is 0.465. The van der Waals surface area contributed by atoms with Crippen LogP contribution in [-0.4, -0.2) is 40.0 Å². The van der Waals surface area contributed by atoms with Crippen LogP contribution >= 0.6 is 0 Å². The number of piperidine rings is 1. The zero-order chi connectivity index (χ0) is 14.6. The molecule has 0 aromatic heterocycles. The van der Waals surface area contributed by atoms with Crippen molar-refractivity contribution in [2.45, 2.75) is 18.6 Å². The summed E-state index contributed by atoms with van der Waals surface area (Å²) in [6.07, 6.45) is 2.11. The van der Waals surface area contributed by atoms with Crippen molar-refractivity contribution in [1.29, 1.82) is 0 Å². The molecule has 0 radical (unpaired) electrons. The first-order valence-corrected chi connectivity index (χ1v) is 8.60. The third-order valence-corrected chi connectivity index (χ3v) is 5.09. The monoisotopic (exact) mass is 297 g/mol. The molecule has 20 heavy (non-hydrogen) atoms. The molecule has 0 saturated carbocycles. The summed E-state index contributed by atoms with van der Waals surface area (Å²) in [6, 6.07) is 6.96. The normalized spacial score (nSPS) is 18.2. The molecular weight excluding hydrogens is 274 g/mol. The molecule has 1 aromatic carbocycles. The number of nitrogens with two attached hydrogens (primary N) is 1. The SMILES string of the molecule is CN1CCC(CNS(=O)(=O)Cc2ccc(N)cc2)CC1. The number of benzene rings is 1. The molecule has 3 N–H and O–H groups in total. The number of rotatable bonds is 5. The molecule has 2 rings (SSSR count). The maximum absolute atomic E-state index is 12.0. The van der Waals surface area contributed by atoms with E-state index in [-0.39, 0.29) is 5.75 Å². The van der Waals surface area contributed by atoms with Crippen LogP contribution in [0.4, 0.5) is 5.69 Å². The molecule has 0 unspecified atom stereocenters. The molecule has 1 aliphatic heterocycles. The van der Waals surface area contributed by atoms with E-state index in [4.69, 9.17) is 5.73 Å². The zero-order valence-corrected chi connectivity index (χ0v) is 12.7. The highest BCUT2D eigenvalue weighted by molar-refractivity contribution is 7.88. The highest BCUT2D eigenvalue weighted by Crippen LogP contribution is 2.15. The topological polar surface area (TPSA) is 75.4 Å². The Labute approximate surface area is 121 Å². The van der Waals surface area contributed by atoms with Gasteiger partial charge in [-0.25, -0.2) is 13.1 Å². The van der Waals surface area contributed by atoms with Crippen molar-refractivity contribution in [2.75, 3.05) is 32.4 Å². The first-order valence-electron chi connectivity index (χ1n) is 6.95. The predicted octanol–water partition coefficient (Wildman–Crippen LogP) is 1.03.